The van der Waals surface area contributed by atoms with Crippen molar-refractivity contribution in [3.05, 3.63) is 206 Å². The molecule has 0 fully saturated rings. The third kappa shape index (κ3) is 4.85. The van der Waals surface area contributed by atoms with Gasteiger partial charge in [-0.2, -0.15) is 0 Å². The molecular formula is C54H37N3. The molecule has 1 atom stereocenters. The van der Waals surface area contributed by atoms with Crippen molar-refractivity contribution in [3.63, 3.8) is 0 Å². The van der Waals surface area contributed by atoms with Gasteiger partial charge in [-0.1, -0.05) is 146 Å². The molecule has 3 heterocycles. The van der Waals surface area contributed by atoms with Crippen LogP contribution in [0.3, 0.4) is 0 Å². The minimum absolute atomic E-state index is 0.213. The van der Waals surface area contributed by atoms with Crippen LogP contribution in [0.1, 0.15) is 12.5 Å². The monoisotopic (exact) mass is 727 g/mol. The molecule has 0 N–H and O–H groups in total. The number of rotatable bonds is 5. The maximum atomic E-state index is 2.60. The summed E-state index contributed by atoms with van der Waals surface area (Å²) in [6.45, 7) is 0. The lowest BCUT2D eigenvalue weighted by Gasteiger charge is -2.20. The number of nitrogens with zero attached hydrogens (tertiary/aromatic N) is 3. The lowest BCUT2D eigenvalue weighted by Crippen LogP contribution is -2.08. The molecule has 0 radical (unpaired) electrons. The molecular weight excluding hydrogens is 691 g/mol. The summed E-state index contributed by atoms with van der Waals surface area (Å²) in [7, 11) is 0. The van der Waals surface area contributed by atoms with E-state index in [1.165, 1.54) is 93.4 Å². The predicted octanol–water partition coefficient (Wildman–Crippen LogP) is 14.4. The van der Waals surface area contributed by atoms with E-state index < -0.39 is 0 Å². The fourth-order valence-electron chi connectivity index (χ4n) is 9.62. The van der Waals surface area contributed by atoms with E-state index >= 15 is 0 Å². The highest BCUT2D eigenvalue weighted by molar-refractivity contribution is 6.23. The topological polar surface area (TPSA) is 14.8 Å². The van der Waals surface area contributed by atoms with Gasteiger partial charge in [-0.25, -0.2) is 0 Å². The summed E-state index contributed by atoms with van der Waals surface area (Å²) in [4.78, 5) is 0. The second-order valence-electron chi connectivity index (χ2n) is 15.3. The summed E-state index contributed by atoms with van der Waals surface area (Å²) < 4.78 is 7.53. The van der Waals surface area contributed by atoms with E-state index in [4.69, 9.17) is 0 Å². The van der Waals surface area contributed by atoms with Gasteiger partial charge in [0.2, 0.25) is 0 Å². The molecule has 3 aromatic heterocycles. The highest BCUT2D eigenvalue weighted by Crippen LogP contribution is 2.44. The first-order valence-electron chi connectivity index (χ1n) is 19.9. The highest BCUT2D eigenvalue weighted by Gasteiger charge is 2.24. The summed E-state index contributed by atoms with van der Waals surface area (Å²) in [5.74, 6) is 0. The number of aromatic nitrogens is 3. The van der Waals surface area contributed by atoms with E-state index in [9.17, 15) is 0 Å². The van der Waals surface area contributed by atoms with Crippen molar-refractivity contribution in [1.82, 2.24) is 13.7 Å². The van der Waals surface area contributed by atoms with Crippen LogP contribution in [0.15, 0.2) is 206 Å². The number of allylic oxidation sites excluding steroid dienone is 4. The highest BCUT2D eigenvalue weighted by atomic mass is 15.1. The van der Waals surface area contributed by atoms with Crippen LogP contribution in [0.4, 0.5) is 0 Å². The fourth-order valence-corrected chi connectivity index (χ4v) is 9.62. The average molecular weight is 728 g/mol. The summed E-state index contributed by atoms with van der Waals surface area (Å²) in [5.41, 5.74) is 14.5. The van der Waals surface area contributed by atoms with Crippen LogP contribution in [-0.4, -0.2) is 13.7 Å². The Hall–Kier alpha value is -7.36. The van der Waals surface area contributed by atoms with Crippen molar-refractivity contribution < 1.29 is 0 Å². The SMILES string of the molecule is C1=CCC(n2c3ccccc3c3ccc4c5ccccc5n(-c5cc(-c6ccccc6)cc(-c6ccc7c(c6)c6ccccc6n7-c6ccccc6)c5)c4c32)C=C1. The third-order valence-corrected chi connectivity index (χ3v) is 12.1. The summed E-state index contributed by atoms with van der Waals surface area (Å²) in [6.07, 6.45) is 9.98. The Labute approximate surface area is 330 Å². The molecule has 0 saturated heterocycles. The first-order valence-corrected chi connectivity index (χ1v) is 19.9. The van der Waals surface area contributed by atoms with Gasteiger partial charge >= 0.3 is 0 Å². The van der Waals surface area contributed by atoms with Crippen molar-refractivity contribution in [3.8, 4) is 33.6 Å². The number of fused-ring (bicyclic) bond motifs is 10. The van der Waals surface area contributed by atoms with E-state index in [1.807, 2.05) is 0 Å². The van der Waals surface area contributed by atoms with Gasteiger partial charge in [-0.15, -0.1) is 0 Å². The molecule has 8 aromatic carbocycles. The van der Waals surface area contributed by atoms with Crippen LogP contribution < -0.4 is 0 Å². The number of hydrogen-bond acceptors (Lipinski definition) is 0. The zero-order valence-electron chi connectivity index (χ0n) is 31.3. The standard InChI is InChI=1S/C54H37N3/c1-4-16-36(17-5-1)38-32-39(37-28-31-52-48(35-37)45-24-12-13-25-49(45)55(52)40-18-6-2-7-19-40)34-42(33-38)57-51-27-15-11-23-44(51)47-30-29-46-43-22-10-14-26-50(43)56(53(46)54(47)57)41-20-8-3-9-21-41/h1-20,22-35,41H,21H2. The fraction of sp³-hybridized carbons (Fsp3) is 0.0370. The second kappa shape index (κ2) is 12.6. The van der Waals surface area contributed by atoms with Gasteiger partial charge < -0.3 is 13.7 Å². The molecule has 12 rings (SSSR count). The Morgan fingerprint density at radius 3 is 1.65 bits per heavy atom. The lowest BCUT2D eigenvalue weighted by atomic mass is 9.96. The van der Waals surface area contributed by atoms with Crippen LogP contribution in [0, 0.1) is 0 Å². The van der Waals surface area contributed by atoms with Gasteiger partial charge in [-0.3, -0.25) is 0 Å². The maximum absolute atomic E-state index is 2.60. The molecule has 57 heavy (non-hydrogen) atoms. The lowest BCUT2D eigenvalue weighted by molar-refractivity contribution is 0.648. The van der Waals surface area contributed by atoms with Crippen molar-refractivity contribution in [2.45, 2.75) is 12.5 Å². The molecule has 11 aromatic rings. The largest absolute Gasteiger partial charge is 0.331 e. The normalized spacial score (nSPS) is 14.3. The summed E-state index contributed by atoms with van der Waals surface area (Å²) in [6, 6.07) is 67.3. The van der Waals surface area contributed by atoms with E-state index in [2.05, 4.69) is 220 Å². The summed E-state index contributed by atoms with van der Waals surface area (Å²) in [5, 5.41) is 7.59. The molecule has 0 spiro atoms. The van der Waals surface area contributed by atoms with E-state index in [-0.39, 0.29) is 6.04 Å². The molecule has 3 nitrogen and oxygen atoms in total. The number of benzene rings is 8. The quantitative estimate of drug-likeness (QED) is 0.168. The van der Waals surface area contributed by atoms with Crippen LogP contribution in [0.25, 0.3) is 99.0 Å². The molecule has 0 saturated carbocycles. The molecule has 0 aliphatic heterocycles. The Balaban J connectivity index is 1.17. The van der Waals surface area contributed by atoms with Gasteiger partial charge in [0.1, 0.15) is 0 Å². The van der Waals surface area contributed by atoms with Gasteiger partial charge in [0.25, 0.3) is 0 Å². The van der Waals surface area contributed by atoms with E-state index in [0.717, 1.165) is 12.1 Å². The Kier molecular flexibility index (Phi) is 7.05. The Morgan fingerprint density at radius 1 is 0.351 bits per heavy atom. The molecule has 1 unspecified atom stereocenters. The molecule has 0 amide bonds. The van der Waals surface area contributed by atoms with Crippen LogP contribution in [0.5, 0.6) is 0 Å². The van der Waals surface area contributed by atoms with Gasteiger partial charge in [0.15, 0.2) is 0 Å². The van der Waals surface area contributed by atoms with E-state index in [1.54, 1.807) is 0 Å². The van der Waals surface area contributed by atoms with Crippen molar-refractivity contribution >= 4 is 65.4 Å². The van der Waals surface area contributed by atoms with Crippen LogP contribution >= 0.6 is 0 Å². The van der Waals surface area contributed by atoms with Crippen LogP contribution in [0.2, 0.25) is 0 Å². The smallest absolute Gasteiger partial charge is 0.0785 e. The van der Waals surface area contributed by atoms with Gasteiger partial charge in [0, 0.05) is 49.2 Å². The van der Waals surface area contributed by atoms with Crippen molar-refractivity contribution in [2.75, 3.05) is 0 Å². The number of para-hydroxylation sites is 4. The van der Waals surface area contributed by atoms with Crippen LogP contribution in [-0.2, 0) is 0 Å². The molecule has 268 valence electrons. The maximum Gasteiger partial charge on any atom is 0.0785 e. The number of hydrogen-bond donors (Lipinski definition) is 0. The summed E-state index contributed by atoms with van der Waals surface area (Å²) >= 11 is 0. The predicted molar refractivity (Wildman–Crippen MR) is 241 cm³/mol. The Morgan fingerprint density at radius 2 is 0.930 bits per heavy atom. The average Bonchev–Trinajstić information content (AvgIpc) is 3.93. The second-order valence-corrected chi connectivity index (χ2v) is 15.3. The van der Waals surface area contributed by atoms with Gasteiger partial charge in [0.05, 0.1) is 33.6 Å². The Bertz CT molecular complexity index is 3430. The van der Waals surface area contributed by atoms with Crippen molar-refractivity contribution in [2.24, 2.45) is 0 Å². The first kappa shape index (κ1) is 31.9. The zero-order chi connectivity index (χ0) is 37.5. The minimum atomic E-state index is 0.213. The van der Waals surface area contributed by atoms with E-state index in [0.29, 0.717) is 0 Å². The van der Waals surface area contributed by atoms with Gasteiger partial charge in [-0.05, 0) is 89.3 Å². The molecule has 1 aliphatic carbocycles. The first-order chi connectivity index (χ1) is 28.3. The third-order valence-electron chi connectivity index (χ3n) is 12.1. The molecule has 3 heteroatoms. The van der Waals surface area contributed by atoms with Crippen molar-refractivity contribution in [1.29, 1.82) is 0 Å². The minimum Gasteiger partial charge on any atom is -0.331 e. The molecule has 0 bridgehead atoms. The molecule has 1 aliphatic rings. The zero-order valence-corrected chi connectivity index (χ0v) is 31.3.